The van der Waals surface area contributed by atoms with Crippen molar-refractivity contribution in [1.29, 1.82) is 0 Å². The van der Waals surface area contributed by atoms with Crippen molar-refractivity contribution in [2.75, 3.05) is 5.73 Å². The summed E-state index contributed by atoms with van der Waals surface area (Å²) in [5.41, 5.74) is 4.35. The maximum Gasteiger partial charge on any atom is 0.199 e. The van der Waals surface area contributed by atoms with Gasteiger partial charge < -0.3 is 5.73 Å². The zero-order valence-corrected chi connectivity index (χ0v) is 10.3. The molecule has 2 N–H and O–H groups in total. The molecule has 2 aromatic carbocycles. The fourth-order valence-corrected chi connectivity index (χ4v) is 1.73. The molecule has 0 fully saturated rings. The van der Waals surface area contributed by atoms with E-state index in [2.05, 4.69) is 0 Å². The van der Waals surface area contributed by atoms with E-state index in [-0.39, 0.29) is 16.8 Å². The van der Waals surface area contributed by atoms with Crippen molar-refractivity contribution in [1.82, 2.24) is 0 Å². The summed E-state index contributed by atoms with van der Waals surface area (Å²) in [6.45, 7) is 1.40. The van der Waals surface area contributed by atoms with Gasteiger partial charge in [0.1, 0.15) is 23.3 Å². The van der Waals surface area contributed by atoms with E-state index in [4.69, 9.17) is 5.73 Å². The average molecular weight is 283 g/mol. The van der Waals surface area contributed by atoms with Crippen LogP contribution in [-0.2, 0) is 0 Å². The third-order valence-corrected chi connectivity index (χ3v) is 2.88. The van der Waals surface area contributed by atoms with Gasteiger partial charge in [-0.15, -0.1) is 0 Å². The summed E-state index contributed by atoms with van der Waals surface area (Å²) in [5.74, 6) is -5.73. The topological polar surface area (TPSA) is 43.1 Å². The van der Waals surface area contributed by atoms with Gasteiger partial charge >= 0.3 is 0 Å². The van der Waals surface area contributed by atoms with Crippen LogP contribution < -0.4 is 5.73 Å². The molecular formula is C14H9F4NO. The summed E-state index contributed by atoms with van der Waals surface area (Å²) in [5, 5.41) is 0. The number of nitrogens with two attached hydrogens (primary N) is 1. The van der Waals surface area contributed by atoms with E-state index >= 15 is 0 Å². The van der Waals surface area contributed by atoms with Crippen molar-refractivity contribution in [2.24, 2.45) is 0 Å². The highest BCUT2D eigenvalue weighted by Crippen LogP contribution is 2.23. The summed E-state index contributed by atoms with van der Waals surface area (Å²) in [6, 6.07) is 2.70. The highest BCUT2D eigenvalue weighted by Gasteiger charge is 2.21. The molecule has 0 aromatic heterocycles. The second-order valence-corrected chi connectivity index (χ2v) is 4.25. The van der Waals surface area contributed by atoms with E-state index in [1.54, 1.807) is 0 Å². The van der Waals surface area contributed by atoms with Crippen molar-refractivity contribution in [3.63, 3.8) is 0 Å². The predicted octanol–water partition coefficient (Wildman–Crippen LogP) is 3.36. The van der Waals surface area contributed by atoms with E-state index in [0.717, 1.165) is 12.1 Å². The first-order valence-corrected chi connectivity index (χ1v) is 5.56. The Morgan fingerprint density at radius 3 is 2.00 bits per heavy atom. The van der Waals surface area contributed by atoms with Gasteiger partial charge in [0.05, 0.1) is 5.56 Å². The van der Waals surface area contributed by atoms with Crippen LogP contribution in [0.5, 0.6) is 0 Å². The van der Waals surface area contributed by atoms with Crippen LogP contribution in [0, 0.1) is 30.2 Å². The number of ketones is 1. The smallest absolute Gasteiger partial charge is 0.199 e. The summed E-state index contributed by atoms with van der Waals surface area (Å²) >= 11 is 0. The molecule has 0 spiro atoms. The van der Waals surface area contributed by atoms with Gasteiger partial charge in [-0.2, -0.15) is 0 Å². The molecular weight excluding hydrogens is 274 g/mol. The van der Waals surface area contributed by atoms with E-state index < -0.39 is 34.6 Å². The molecule has 0 unspecified atom stereocenters. The Hall–Kier alpha value is -2.37. The Bertz CT molecular complexity index is 666. The van der Waals surface area contributed by atoms with Crippen LogP contribution in [0.3, 0.4) is 0 Å². The minimum absolute atomic E-state index is 0.0173. The number of hydrogen-bond donors (Lipinski definition) is 1. The maximum atomic E-state index is 13.5. The first kappa shape index (κ1) is 14.0. The third kappa shape index (κ3) is 2.36. The molecule has 104 valence electrons. The van der Waals surface area contributed by atoms with Crippen molar-refractivity contribution < 1.29 is 22.4 Å². The molecule has 6 heteroatoms. The van der Waals surface area contributed by atoms with Crippen LogP contribution in [0.25, 0.3) is 0 Å². The fraction of sp³-hybridized carbons (Fsp3) is 0.0714. The second kappa shape index (κ2) is 4.96. The van der Waals surface area contributed by atoms with Gasteiger partial charge in [-0.3, -0.25) is 4.79 Å². The number of rotatable bonds is 2. The van der Waals surface area contributed by atoms with Crippen LogP contribution in [-0.4, -0.2) is 5.78 Å². The van der Waals surface area contributed by atoms with Gasteiger partial charge in [-0.25, -0.2) is 17.6 Å². The Morgan fingerprint density at radius 1 is 0.950 bits per heavy atom. The van der Waals surface area contributed by atoms with Gasteiger partial charge in [0.15, 0.2) is 5.78 Å². The lowest BCUT2D eigenvalue weighted by Crippen LogP contribution is -2.10. The van der Waals surface area contributed by atoms with Gasteiger partial charge in [0.25, 0.3) is 0 Å². The predicted molar refractivity (Wildman–Crippen MR) is 65.3 cm³/mol. The van der Waals surface area contributed by atoms with Crippen molar-refractivity contribution in [3.05, 3.63) is 64.2 Å². The highest BCUT2D eigenvalue weighted by molar-refractivity contribution is 6.09. The van der Waals surface area contributed by atoms with Crippen molar-refractivity contribution in [3.8, 4) is 0 Å². The Balaban J connectivity index is 2.58. The highest BCUT2D eigenvalue weighted by atomic mass is 19.1. The van der Waals surface area contributed by atoms with E-state index in [9.17, 15) is 22.4 Å². The standard InChI is InChI=1S/C14H9F4NO/c1-6-9(16)2-7(3-12(6)19)14(20)13-10(17)4-8(15)5-11(13)18/h2-5H,19H2,1H3. The summed E-state index contributed by atoms with van der Waals surface area (Å²) in [6.07, 6.45) is 0. The molecule has 0 bridgehead atoms. The Kier molecular flexibility index (Phi) is 3.48. The lowest BCUT2D eigenvalue weighted by atomic mass is 10.00. The van der Waals surface area contributed by atoms with Crippen LogP contribution in [0.15, 0.2) is 24.3 Å². The van der Waals surface area contributed by atoms with Crippen LogP contribution in [0.2, 0.25) is 0 Å². The molecule has 0 heterocycles. The molecule has 0 aliphatic rings. The van der Waals surface area contributed by atoms with Crippen LogP contribution in [0.1, 0.15) is 21.5 Å². The molecule has 2 rings (SSSR count). The minimum Gasteiger partial charge on any atom is -0.398 e. The second-order valence-electron chi connectivity index (χ2n) is 4.25. The van der Waals surface area contributed by atoms with Gasteiger partial charge in [0.2, 0.25) is 0 Å². The molecule has 0 aliphatic carbocycles. The lowest BCUT2D eigenvalue weighted by molar-refractivity contribution is 0.103. The zero-order chi connectivity index (χ0) is 15.0. The van der Waals surface area contributed by atoms with Crippen LogP contribution in [0.4, 0.5) is 23.2 Å². The summed E-state index contributed by atoms with van der Waals surface area (Å²) in [4.78, 5) is 12.0. The first-order chi connectivity index (χ1) is 9.31. The molecule has 2 nitrogen and oxygen atoms in total. The molecule has 0 aliphatic heterocycles. The first-order valence-electron chi connectivity index (χ1n) is 5.56. The summed E-state index contributed by atoms with van der Waals surface area (Å²) < 4.78 is 53.3. The van der Waals surface area contributed by atoms with Crippen molar-refractivity contribution in [2.45, 2.75) is 6.92 Å². The van der Waals surface area contributed by atoms with Crippen molar-refractivity contribution >= 4 is 11.5 Å². The number of nitrogen functional groups attached to an aromatic ring is 1. The van der Waals surface area contributed by atoms with E-state index in [0.29, 0.717) is 12.1 Å². The van der Waals surface area contributed by atoms with E-state index in [1.807, 2.05) is 0 Å². The minimum atomic E-state index is -1.35. The molecule has 0 atom stereocenters. The Labute approximate surface area is 111 Å². The molecule has 0 radical (unpaired) electrons. The molecule has 20 heavy (non-hydrogen) atoms. The number of carbonyl (C=O) groups excluding carboxylic acids is 1. The maximum absolute atomic E-state index is 13.5. The zero-order valence-electron chi connectivity index (χ0n) is 10.3. The Morgan fingerprint density at radius 2 is 1.50 bits per heavy atom. The van der Waals surface area contributed by atoms with Gasteiger partial charge in [0, 0.05) is 28.9 Å². The molecule has 0 saturated heterocycles. The summed E-state index contributed by atoms with van der Waals surface area (Å²) in [7, 11) is 0. The van der Waals surface area contributed by atoms with Crippen LogP contribution >= 0.6 is 0 Å². The average Bonchev–Trinajstić information content (AvgIpc) is 2.33. The normalized spacial score (nSPS) is 10.7. The molecule has 0 saturated carbocycles. The van der Waals surface area contributed by atoms with E-state index in [1.165, 1.54) is 6.92 Å². The molecule has 2 aromatic rings. The molecule has 0 amide bonds. The van der Waals surface area contributed by atoms with Gasteiger partial charge in [-0.05, 0) is 19.1 Å². The lowest BCUT2D eigenvalue weighted by Gasteiger charge is -2.08. The van der Waals surface area contributed by atoms with Gasteiger partial charge in [-0.1, -0.05) is 0 Å². The SMILES string of the molecule is Cc1c(N)cc(C(=O)c2c(F)cc(F)cc2F)cc1F. The monoisotopic (exact) mass is 283 g/mol. The third-order valence-electron chi connectivity index (χ3n) is 2.88. The number of anilines is 1. The number of halogens is 4. The fourth-order valence-electron chi connectivity index (χ4n) is 1.73. The number of hydrogen-bond acceptors (Lipinski definition) is 2. The number of carbonyl (C=O) groups is 1. The largest absolute Gasteiger partial charge is 0.398 e. The number of benzene rings is 2. The quantitative estimate of drug-likeness (QED) is 0.521.